The Morgan fingerprint density at radius 3 is 2.59 bits per heavy atom. The van der Waals surface area contributed by atoms with Crippen molar-refractivity contribution >= 4 is 35.2 Å². The minimum Gasteiger partial charge on any atom is -0.495 e. The molecule has 0 heterocycles. The second-order valence-corrected chi connectivity index (χ2v) is 6.06. The summed E-state index contributed by atoms with van der Waals surface area (Å²) in [6.07, 6.45) is -0.552. The molecule has 0 spiro atoms. The van der Waals surface area contributed by atoms with E-state index >= 15 is 0 Å². The van der Waals surface area contributed by atoms with E-state index in [-0.39, 0.29) is 17.0 Å². The Bertz CT molecular complexity index is 900. The number of carbonyl (C=O) groups is 2. The van der Waals surface area contributed by atoms with Crippen LogP contribution in [0.1, 0.15) is 22.8 Å². The number of methoxy groups -OCH3 is 1. The lowest BCUT2D eigenvalue weighted by atomic mass is 10.2. The van der Waals surface area contributed by atoms with Crippen LogP contribution in [-0.4, -0.2) is 30.3 Å². The second-order valence-electron chi connectivity index (χ2n) is 5.65. The Morgan fingerprint density at radius 2 is 2.00 bits per heavy atom. The molecule has 2 rings (SSSR count). The van der Waals surface area contributed by atoms with Gasteiger partial charge in [0, 0.05) is 23.2 Å². The molecule has 0 fully saturated rings. The predicted octanol–water partition coefficient (Wildman–Crippen LogP) is 3.78. The number of hydrogen-bond donors (Lipinski definition) is 1. The van der Waals surface area contributed by atoms with Crippen LogP contribution in [-0.2, 0) is 4.79 Å². The van der Waals surface area contributed by atoms with Crippen molar-refractivity contribution in [3.05, 3.63) is 56.6 Å². The monoisotopic (exact) mass is 392 g/mol. The average molecular weight is 393 g/mol. The van der Waals surface area contributed by atoms with Crippen molar-refractivity contribution in [1.29, 1.82) is 0 Å². The summed E-state index contributed by atoms with van der Waals surface area (Å²) in [5, 5.41) is 14.0. The van der Waals surface area contributed by atoms with E-state index in [4.69, 9.17) is 21.1 Å². The predicted molar refractivity (Wildman–Crippen MR) is 99.9 cm³/mol. The number of amides is 1. The van der Waals surface area contributed by atoms with E-state index in [1.54, 1.807) is 19.1 Å². The Labute approximate surface area is 160 Å². The molecule has 0 unspecified atom stereocenters. The molecule has 1 N–H and O–H groups in total. The number of aldehydes is 1. The number of anilines is 1. The van der Waals surface area contributed by atoms with Gasteiger partial charge in [-0.05, 0) is 31.5 Å². The number of rotatable bonds is 7. The minimum absolute atomic E-state index is 0.0243. The Balaban J connectivity index is 2.18. The molecule has 0 aliphatic heterocycles. The van der Waals surface area contributed by atoms with Gasteiger partial charge in [0.1, 0.15) is 11.5 Å². The van der Waals surface area contributed by atoms with Crippen LogP contribution in [0.25, 0.3) is 0 Å². The average Bonchev–Trinajstić information content (AvgIpc) is 2.64. The highest BCUT2D eigenvalue weighted by molar-refractivity contribution is 6.31. The molecule has 9 heteroatoms. The van der Waals surface area contributed by atoms with Crippen molar-refractivity contribution in [2.75, 3.05) is 12.4 Å². The van der Waals surface area contributed by atoms with Gasteiger partial charge >= 0.3 is 0 Å². The normalized spacial score (nSPS) is 11.4. The molecular weight excluding hydrogens is 376 g/mol. The highest BCUT2D eigenvalue weighted by atomic mass is 35.5. The number of aryl methyl sites for hydroxylation is 1. The number of benzene rings is 2. The third-order valence-electron chi connectivity index (χ3n) is 3.74. The van der Waals surface area contributed by atoms with E-state index in [1.807, 2.05) is 0 Å². The van der Waals surface area contributed by atoms with Gasteiger partial charge < -0.3 is 14.8 Å². The molecular formula is C18H17ClN2O6. The molecule has 0 aromatic heterocycles. The highest BCUT2D eigenvalue weighted by Gasteiger charge is 2.20. The quantitative estimate of drug-likeness (QED) is 0.436. The molecule has 0 saturated heterocycles. The molecule has 0 saturated carbocycles. The maximum Gasteiger partial charge on any atom is 0.270 e. The van der Waals surface area contributed by atoms with Gasteiger partial charge in [0.15, 0.2) is 12.4 Å². The maximum absolute atomic E-state index is 12.4. The van der Waals surface area contributed by atoms with Crippen molar-refractivity contribution in [2.24, 2.45) is 0 Å². The number of nitro benzene ring substituents is 1. The van der Waals surface area contributed by atoms with Gasteiger partial charge in [-0.25, -0.2) is 0 Å². The summed E-state index contributed by atoms with van der Waals surface area (Å²) >= 11 is 6.04. The van der Waals surface area contributed by atoms with E-state index in [9.17, 15) is 19.7 Å². The first-order valence-electron chi connectivity index (χ1n) is 7.82. The zero-order valence-corrected chi connectivity index (χ0v) is 15.6. The molecule has 0 aliphatic carbocycles. The van der Waals surface area contributed by atoms with Gasteiger partial charge in [0.2, 0.25) is 0 Å². The summed E-state index contributed by atoms with van der Waals surface area (Å²) in [5.74, 6) is -0.0437. The van der Waals surface area contributed by atoms with Gasteiger partial charge in [0.25, 0.3) is 11.6 Å². The van der Waals surface area contributed by atoms with Crippen LogP contribution < -0.4 is 14.8 Å². The van der Waals surface area contributed by atoms with Gasteiger partial charge in [-0.1, -0.05) is 11.6 Å². The molecule has 2 aromatic rings. The third-order valence-corrected chi connectivity index (χ3v) is 4.15. The first kappa shape index (κ1) is 20.2. The maximum atomic E-state index is 12.4. The summed E-state index contributed by atoms with van der Waals surface area (Å²) in [7, 11) is 1.45. The molecule has 0 aliphatic rings. The number of nitrogens with one attached hydrogen (secondary N) is 1. The van der Waals surface area contributed by atoms with Crippen LogP contribution >= 0.6 is 11.6 Å². The van der Waals surface area contributed by atoms with Crippen molar-refractivity contribution < 1.29 is 24.0 Å². The third kappa shape index (κ3) is 4.73. The van der Waals surface area contributed by atoms with Crippen LogP contribution in [0.2, 0.25) is 5.02 Å². The van der Waals surface area contributed by atoms with Crippen LogP contribution in [0.15, 0.2) is 30.3 Å². The Kier molecular flexibility index (Phi) is 6.36. The Morgan fingerprint density at radius 1 is 1.30 bits per heavy atom. The number of nitrogens with zero attached hydrogens (tertiary/aromatic N) is 1. The molecule has 27 heavy (non-hydrogen) atoms. The summed E-state index contributed by atoms with van der Waals surface area (Å²) in [6, 6.07) is 6.79. The Hall–Kier alpha value is -3.13. The van der Waals surface area contributed by atoms with E-state index in [2.05, 4.69) is 5.32 Å². The van der Waals surface area contributed by atoms with Gasteiger partial charge in [0.05, 0.1) is 23.3 Å². The molecule has 0 bridgehead atoms. The van der Waals surface area contributed by atoms with Gasteiger partial charge in [-0.2, -0.15) is 0 Å². The second kappa shape index (κ2) is 8.50. The van der Waals surface area contributed by atoms with Gasteiger partial charge in [-0.3, -0.25) is 19.7 Å². The molecule has 8 nitrogen and oxygen atoms in total. The minimum atomic E-state index is -0.981. The number of nitro groups is 1. The fourth-order valence-corrected chi connectivity index (χ4v) is 2.41. The van der Waals surface area contributed by atoms with Crippen molar-refractivity contribution in [1.82, 2.24) is 0 Å². The zero-order chi connectivity index (χ0) is 20.1. The van der Waals surface area contributed by atoms with E-state index < -0.39 is 16.9 Å². The lowest BCUT2D eigenvalue weighted by Crippen LogP contribution is -2.30. The summed E-state index contributed by atoms with van der Waals surface area (Å²) in [4.78, 5) is 33.8. The fourth-order valence-electron chi connectivity index (χ4n) is 2.26. The highest BCUT2D eigenvalue weighted by Crippen LogP contribution is 2.31. The molecule has 142 valence electrons. The number of carbonyl (C=O) groups excluding carboxylic acids is 2. The molecule has 1 atom stereocenters. The molecule has 2 aromatic carbocycles. The van der Waals surface area contributed by atoms with Gasteiger partial charge in [-0.15, -0.1) is 0 Å². The van der Waals surface area contributed by atoms with Crippen LogP contribution in [0.4, 0.5) is 11.4 Å². The standard InChI is InChI=1S/C18H17ClN2O6/c1-10-6-15(17(26-3)8-14(10)19)20-18(23)11(2)27-16-5-4-13(21(24)25)7-12(16)9-22/h4-9,11H,1-3H3,(H,20,23)/t11-/m0/s1. The van der Waals surface area contributed by atoms with Crippen LogP contribution in [0.5, 0.6) is 11.5 Å². The number of ether oxygens (including phenoxy) is 2. The van der Waals surface area contributed by atoms with Crippen molar-refractivity contribution in [2.45, 2.75) is 20.0 Å². The number of non-ortho nitro benzene ring substituents is 1. The van der Waals surface area contributed by atoms with E-state index in [0.29, 0.717) is 22.7 Å². The lowest BCUT2D eigenvalue weighted by Gasteiger charge is -2.17. The smallest absolute Gasteiger partial charge is 0.270 e. The fraction of sp³-hybridized carbons (Fsp3) is 0.222. The number of halogens is 1. The van der Waals surface area contributed by atoms with Crippen molar-refractivity contribution in [3.8, 4) is 11.5 Å². The van der Waals surface area contributed by atoms with Crippen molar-refractivity contribution in [3.63, 3.8) is 0 Å². The molecule has 1 amide bonds. The SMILES string of the molecule is COc1cc(Cl)c(C)cc1NC(=O)[C@H](C)Oc1ccc([N+](=O)[O-])cc1C=O. The largest absolute Gasteiger partial charge is 0.495 e. The van der Waals surface area contributed by atoms with E-state index in [0.717, 1.165) is 11.6 Å². The first-order valence-corrected chi connectivity index (χ1v) is 8.20. The summed E-state index contributed by atoms with van der Waals surface area (Å²) in [6.45, 7) is 3.27. The topological polar surface area (TPSA) is 108 Å². The number of hydrogen-bond acceptors (Lipinski definition) is 6. The van der Waals surface area contributed by atoms with E-state index in [1.165, 1.54) is 26.2 Å². The zero-order valence-electron chi connectivity index (χ0n) is 14.8. The first-order chi connectivity index (χ1) is 12.8. The van der Waals surface area contributed by atoms with Crippen LogP contribution in [0.3, 0.4) is 0 Å². The van der Waals surface area contributed by atoms with Crippen LogP contribution in [0, 0.1) is 17.0 Å². The summed E-state index contributed by atoms with van der Waals surface area (Å²) in [5.41, 5.74) is 0.894. The lowest BCUT2D eigenvalue weighted by molar-refractivity contribution is -0.384. The summed E-state index contributed by atoms with van der Waals surface area (Å²) < 4.78 is 10.7. The molecule has 0 radical (unpaired) electrons.